The Morgan fingerprint density at radius 3 is 2.68 bits per heavy atom. The summed E-state index contributed by atoms with van der Waals surface area (Å²) in [7, 11) is 0. The van der Waals surface area contributed by atoms with E-state index in [0.717, 1.165) is 5.56 Å². The molecule has 19 heavy (non-hydrogen) atoms. The first-order valence-corrected chi connectivity index (χ1v) is 6.44. The molecule has 0 aromatic carbocycles. The van der Waals surface area contributed by atoms with Crippen molar-refractivity contribution in [1.29, 1.82) is 0 Å². The van der Waals surface area contributed by atoms with Crippen LogP contribution >= 0.6 is 11.6 Å². The van der Waals surface area contributed by atoms with E-state index in [-0.39, 0.29) is 12.0 Å². The van der Waals surface area contributed by atoms with Gasteiger partial charge in [-0.25, -0.2) is 4.98 Å². The maximum absolute atomic E-state index is 11.0. The summed E-state index contributed by atoms with van der Waals surface area (Å²) in [5, 5.41) is 3.58. The molecule has 1 aromatic rings. The quantitative estimate of drug-likeness (QED) is 0.618. The van der Waals surface area contributed by atoms with Crippen molar-refractivity contribution in [2.45, 2.75) is 45.6 Å². The molecule has 1 aromatic heterocycles. The van der Waals surface area contributed by atoms with E-state index in [1.54, 1.807) is 12.3 Å². The first-order valence-electron chi connectivity index (χ1n) is 6.06. The van der Waals surface area contributed by atoms with Gasteiger partial charge in [-0.15, -0.1) is 0 Å². The third-order valence-corrected chi connectivity index (χ3v) is 2.43. The molecule has 1 atom stereocenters. The summed E-state index contributed by atoms with van der Waals surface area (Å²) in [5.41, 5.74) is 5.81. The van der Waals surface area contributed by atoms with E-state index in [4.69, 9.17) is 22.1 Å². The number of carbonyl (C=O) groups excluding carboxylic acids is 1. The number of carbonyl (C=O) groups is 1. The summed E-state index contributed by atoms with van der Waals surface area (Å²) >= 11 is 5.71. The van der Waals surface area contributed by atoms with E-state index in [2.05, 4.69) is 10.3 Å². The highest BCUT2D eigenvalue weighted by molar-refractivity contribution is 6.29. The normalized spacial score (nSPS) is 13.3. The van der Waals surface area contributed by atoms with Crippen molar-refractivity contribution in [2.24, 2.45) is 5.73 Å². The van der Waals surface area contributed by atoms with Crippen molar-refractivity contribution < 1.29 is 9.53 Å². The first-order chi connectivity index (χ1) is 8.76. The molecule has 0 aliphatic carbocycles. The van der Waals surface area contributed by atoms with Gasteiger partial charge in [0.15, 0.2) is 0 Å². The van der Waals surface area contributed by atoms with Gasteiger partial charge in [-0.2, -0.15) is 0 Å². The number of aromatic nitrogens is 1. The number of hydrogen-bond donors (Lipinski definition) is 2. The molecule has 0 saturated heterocycles. The molecule has 0 aliphatic heterocycles. The van der Waals surface area contributed by atoms with Crippen LogP contribution in [-0.4, -0.2) is 22.7 Å². The number of primary amides is 1. The highest BCUT2D eigenvalue weighted by Gasteiger charge is 2.20. The monoisotopic (exact) mass is 285 g/mol. The van der Waals surface area contributed by atoms with Crippen LogP contribution in [0.4, 0.5) is 0 Å². The minimum absolute atomic E-state index is 0.123. The number of nitrogens with one attached hydrogen (secondary N) is 1. The Bertz CT molecular complexity index is 415. The molecule has 0 bridgehead atoms. The second kappa shape index (κ2) is 6.84. The van der Waals surface area contributed by atoms with E-state index in [0.29, 0.717) is 11.7 Å². The largest absolute Gasteiger partial charge is 0.370 e. The molecule has 0 spiro atoms. The fraction of sp³-hybridized carbons (Fsp3) is 0.538. The lowest BCUT2D eigenvalue weighted by Crippen LogP contribution is -2.40. The molecule has 1 unspecified atom stereocenters. The number of nitrogens with two attached hydrogens (primary N) is 1. The number of hydrogen-bond acceptors (Lipinski definition) is 4. The molecule has 0 fully saturated rings. The highest BCUT2D eigenvalue weighted by Crippen LogP contribution is 2.12. The van der Waals surface area contributed by atoms with Crippen molar-refractivity contribution in [1.82, 2.24) is 10.3 Å². The van der Waals surface area contributed by atoms with Gasteiger partial charge < -0.3 is 10.5 Å². The fourth-order valence-corrected chi connectivity index (χ4v) is 1.62. The van der Waals surface area contributed by atoms with Crippen LogP contribution in [0.15, 0.2) is 18.3 Å². The van der Waals surface area contributed by atoms with Gasteiger partial charge in [-0.05, 0) is 32.4 Å². The molecule has 106 valence electrons. The topological polar surface area (TPSA) is 77.2 Å². The number of halogens is 1. The van der Waals surface area contributed by atoms with Gasteiger partial charge in [-0.3, -0.25) is 10.1 Å². The summed E-state index contributed by atoms with van der Waals surface area (Å²) in [6.45, 7) is 6.30. The van der Waals surface area contributed by atoms with E-state index < -0.39 is 12.1 Å². The molecular formula is C13H20ClN3O2. The van der Waals surface area contributed by atoms with Gasteiger partial charge in [0.25, 0.3) is 0 Å². The third-order valence-electron chi connectivity index (χ3n) is 2.20. The lowest BCUT2D eigenvalue weighted by atomic mass is 10.2. The van der Waals surface area contributed by atoms with Gasteiger partial charge >= 0.3 is 0 Å². The predicted octanol–water partition coefficient (Wildman–Crippen LogP) is 1.84. The number of ether oxygens (including phenoxy) is 1. The second-order valence-corrected chi connectivity index (χ2v) is 5.65. The average Bonchev–Trinajstić information content (AvgIpc) is 2.25. The Morgan fingerprint density at radius 1 is 1.53 bits per heavy atom. The zero-order valence-corrected chi connectivity index (χ0v) is 12.2. The zero-order chi connectivity index (χ0) is 14.5. The summed E-state index contributed by atoms with van der Waals surface area (Å²) < 4.78 is 5.74. The Labute approximate surface area is 118 Å². The zero-order valence-electron chi connectivity index (χ0n) is 11.4. The van der Waals surface area contributed by atoms with E-state index in [1.165, 1.54) is 0 Å². The van der Waals surface area contributed by atoms with Crippen LogP contribution < -0.4 is 11.1 Å². The van der Waals surface area contributed by atoms with Crippen molar-refractivity contribution in [3.8, 4) is 0 Å². The highest BCUT2D eigenvalue weighted by atomic mass is 35.5. The van der Waals surface area contributed by atoms with Crippen molar-refractivity contribution >= 4 is 17.5 Å². The Balaban J connectivity index is 2.57. The van der Waals surface area contributed by atoms with Crippen LogP contribution in [0.3, 0.4) is 0 Å². The molecule has 1 rings (SSSR count). The standard InChI is InChI=1S/C13H20ClN3O2/c1-13(2,3)19-12(6-11(15)18)17-8-9-4-5-10(14)16-7-9/h4-5,7,12,17H,6,8H2,1-3H3,(H2,15,18). The minimum atomic E-state index is -0.423. The van der Waals surface area contributed by atoms with Gasteiger partial charge in [0.05, 0.1) is 12.0 Å². The lowest BCUT2D eigenvalue weighted by molar-refractivity contribution is -0.126. The lowest BCUT2D eigenvalue weighted by Gasteiger charge is -2.27. The number of pyridine rings is 1. The SMILES string of the molecule is CC(C)(C)OC(CC(N)=O)NCc1ccc(Cl)nc1. The maximum atomic E-state index is 11.0. The second-order valence-electron chi connectivity index (χ2n) is 5.26. The molecular weight excluding hydrogens is 266 g/mol. The Hall–Kier alpha value is -1.17. The molecule has 0 saturated carbocycles. The molecule has 0 aliphatic rings. The van der Waals surface area contributed by atoms with Crippen molar-refractivity contribution in [2.75, 3.05) is 0 Å². The van der Waals surface area contributed by atoms with Crippen LogP contribution in [-0.2, 0) is 16.1 Å². The summed E-state index contributed by atoms with van der Waals surface area (Å²) in [6, 6.07) is 3.58. The van der Waals surface area contributed by atoms with E-state index >= 15 is 0 Å². The Morgan fingerprint density at radius 2 is 2.21 bits per heavy atom. The third kappa shape index (κ3) is 7.10. The van der Waals surface area contributed by atoms with Gasteiger partial charge in [0.2, 0.25) is 5.91 Å². The molecule has 1 amide bonds. The van der Waals surface area contributed by atoms with Crippen molar-refractivity contribution in [3.05, 3.63) is 29.0 Å². The van der Waals surface area contributed by atoms with Crippen LogP contribution in [0.1, 0.15) is 32.8 Å². The van der Waals surface area contributed by atoms with Crippen LogP contribution in [0.5, 0.6) is 0 Å². The van der Waals surface area contributed by atoms with Crippen LogP contribution in [0, 0.1) is 0 Å². The average molecular weight is 286 g/mol. The van der Waals surface area contributed by atoms with Crippen LogP contribution in [0.2, 0.25) is 5.15 Å². The molecule has 3 N–H and O–H groups in total. The van der Waals surface area contributed by atoms with Gasteiger partial charge in [0.1, 0.15) is 11.4 Å². The number of amides is 1. The maximum Gasteiger partial charge on any atom is 0.221 e. The predicted molar refractivity (Wildman–Crippen MR) is 74.5 cm³/mol. The smallest absolute Gasteiger partial charge is 0.221 e. The molecule has 0 radical (unpaired) electrons. The van der Waals surface area contributed by atoms with Gasteiger partial charge in [-0.1, -0.05) is 17.7 Å². The summed E-state index contributed by atoms with van der Waals surface area (Å²) in [6.07, 6.45) is 1.37. The van der Waals surface area contributed by atoms with Crippen molar-refractivity contribution in [3.63, 3.8) is 0 Å². The fourth-order valence-electron chi connectivity index (χ4n) is 1.51. The minimum Gasteiger partial charge on any atom is -0.370 e. The summed E-state index contributed by atoms with van der Waals surface area (Å²) in [4.78, 5) is 15.0. The van der Waals surface area contributed by atoms with E-state index in [1.807, 2.05) is 26.8 Å². The van der Waals surface area contributed by atoms with Crippen LogP contribution in [0.25, 0.3) is 0 Å². The first kappa shape index (κ1) is 15.9. The summed E-state index contributed by atoms with van der Waals surface area (Å²) in [5.74, 6) is -0.406. The number of rotatable bonds is 6. The molecule has 5 nitrogen and oxygen atoms in total. The number of nitrogens with zero attached hydrogens (tertiary/aromatic N) is 1. The Kier molecular flexibility index (Phi) is 5.72. The van der Waals surface area contributed by atoms with E-state index in [9.17, 15) is 4.79 Å². The van der Waals surface area contributed by atoms with Gasteiger partial charge in [0, 0.05) is 12.7 Å². The molecule has 1 heterocycles. The molecule has 6 heteroatoms.